The van der Waals surface area contributed by atoms with Crippen molar-refractivity contribution in [2.45, 2.75) is 26.8 Å². The van der Waals surface area contributed by atoms with E-state index in [1.165, 1.54) is 11.3 Å². The second kappa shape index (κ2) is 4.77. The third-order valence-electron chi connectivity index (χ3n) is 2.37. The van der Waals surface area contributed by atoms with Gasteiger partial charge in [0.2, 0.25) is 0 Å². The highest BCUT2D eigenvalue weighted by Crippen LogP contribution is 2.10. The van der Waals surface area contributed by atoms with Crippen LogP contribution in [0.5, 0.6) is 0 Å². The summed E-state index contributed by atoms with van der Waals surface area (Å²) in [6.07, 6.45) is 0.554. The number of nitrogens with zero attached hydrogens (tertiary/aromatic N) is 3. The quantitative estimate of drug-likeness (QED) is 0.725. The van der Waals surface area contributed by atoms with Gasteiger partial charge in [-0.3, -0.25) is 4.68 Å². The topological polar surface area (TPSA) is 53.6 Å². The molecule has 0 atom stereocenters. The Balaban J connectivity index is 2.55. The molecular formula is C10H16N4. The van der Waals surface area contributed by atoms with E-state index >= 15 is 0 Å². The normalized spacial score (nSPS) is 10.1. The molecule has 1 aromatic rings. The van der Waals surface area contributed by atoms with E-state index in [-0.39, 0.29) is 0 Å². The Kier molecular flexibility index (Phi) is 3.66. The smallest absolute Gasteiger partial charge is 0.0641 e. The van der Waals surface area contributed by atoms with E-state index in [2.05, 4.69) is 23.4 Å². The summed E-state index contributed by atoms with van der Waals surface area (Å²) in [5.41, 5.74) is 3.49. The molecule has 4 nitrogen and oxygen atoms in total. The average Bonchev–Trinajstić information content (AvgIpc) is 2.38. The van der Waals surface area contributed by atoms with Gasteiger partial charge in [0.05, 0.1) is 11.8 Å². The molecule has 0 fully saturated rings. The molecule has 0 radical (unpaired) electrons. The fraction of sp³-hybridized carbons (Fsp3) is 0.600. The number of hydrogen-bond donors (Lipinski definition) is 1. The summed E-state index contributed by atoms with van der Waals surface area (Å²) in [5.74, 6) is 0. The van der Waals surface area contributed by atoms with Crippen LogP contribution in [0.3, 0.4) is 0 Å². The second-order valence-corrected chi connectivity index (χ2v) is 3.36. The molecule has 76 valence electrons. The molecule has 0 saturated heterocycles. The minimum atomic E-state index is 0.554. The molecule has 1 aromatic heterocycles. The molecule has 0 bridgehead atoms. The van der Waals surface area contributed by atoms with Crippen LogP contribution in [0.15, 0.2) is 0 Å². The van der Waals surface area contributed by atoms with Crippen molar-refractivity contribution < 1.29 is 0 Å². The highest BCUT2D eigenvalue weighted by Gasteiger charge is 2.07. The minimum absolute atomic E-state index is 0.554. The van der Waals surface area contributed by atoms with Crippen molar-refractivity contribution in [3.8, 4) is 6.07 Å². The summed E-state index contributed by atoms with van der Waals surface area (Å²) < 4.78 is 1.89. The molecule has 0 saturated carbocycles. The van der Waals surface area contributed by atoms with Crippen LogP contribution in [0.1, 0.15) is 23.4 Å². The molecule has 14 heavy (non-hydrogen) atoms. The van der Waals surface area contributed by atoms with Crippen LogP contribution in [0.2, 0.25) is 0 Å². The minimum Gasteiger partial charge on any atom is -0.312 e. The first-order valence-electron chi connectivity index (χ1n) is 4.73. The lowest BCUT2D eigenvalue weighted by atomic mass is 10.2. The van der Waals surface area contributed by atoms with Crippen molar-refractivity contribution in [1.29, 1.82) is 5.26 Å². The average molecular weight is 192 g/mol. The second-order valence-electron chi connectivity index (χ2n) is 3.36. The fourth-order valence-electron chi connectivity index (χ4n) is 1.43. The maximum Gasteiger partial charge on any atom is 0.0641 e. The van der Waals surface area contributed by atoms with Gasteiger partial charge >= 0.3 is 0 Å². The summed E-state index contributed by atoms with van der Waals surface area (Å²) in [5, 5.41) is 15.9. The maximum absolute atomic E-state index is 8.37. The molecule has 1 heterocycles. The lowest BCUT2D eigenvalue weighted by molar-refractivity contribution is 0.689. The zero-order valence-electron chi connectivity index (χ0n) is 8.96. The van der Waals surface area contributed by atoms with Gasteiger partial charge in [0, 0.05) is 37.8 Å². The third-order valence-corrected chi connectivity index (χ3v) is 2.37. The SMILES string of the molecule is Cc1nn(C)c(C)c1CNCCC#N. The van der Waals surface area contributed by atoms with E-state index in [9.17, 15) is 0 Å². The molecule has 1 N–H and O–H groups in total. The number of rotatable bonds is 4. The molecule has 0 amide bonds. The molecule has 0 unspecified atom stereocenters. The van der Waals surface area contributed by atoms with Crippen molar-refractivity contribution >= 4 is 0 Å². The third kappa shape index (κ3) is 2.33. The first-order chi connectivity index (χ1) is 6.66. The van der Waals surface area contributed by atoms with Gasteiger partial charge in [-0.2, -0.15) is 10.4 Å². The van der Waals surface area contributed by atoms with E-state index in [1.807, 2.05) is 18.7 Å². The van der Waals surface area contributed by atoms with Crippen LogP contribution in [-0.2, 0) is 13.6 Å². The zero-order valence-corrected chi connectivity index (χ0v) is 8.96. The molecule has 0 aliphatic heterocycles. The Morgan fingerprint density at radius 3 is 2.71 bits per heavy atom. The molecule has 4 heteroatoms. The number of aryl methyl sites for hydroxylation is 2. The van der Waals surface area contributed by atoms with Crippen molar-refractivity contribution in [3.63, 3.8) is 0 Å². The van der Waals surface area contributed by atoms with Crippen molar-refractivity contribution in [2.75, 3.05) is 6.54 Å². The van der Waals surface area contributed by atoms with E-state index in [1.54, 1.807) is 0 Å². The van der Waals surface area contributed by atoms with Gasteiger partial charge < -0.3 is 5.32 Å². The van der Waals surface area contributed by atoms with Crippen LogP contribution in [0.25, 0.3) is 0 Å². The predicted octanol–water partition coefficient (Wildman–Crippen LogP) is 1.04. The van der Waals surface area contributed by atoms with Gasteiger partial charge in [-0.1, -0.05) is 0 Å². The van der Waals surface area contributed by atoms with Gasteiger partial charge in [0.15, 0.2) is 0 Å². The van der Waals surface area contributed by atoms with Gasteiger partial charge in [-0.05, 0) is 13.8 Å². The number of aromatic nitrogens is 2. The molecule has 0 aliphatic carbocycles. The van der Waals surface area contributed by atoms with Crippen LogP contribution in [0.4, 0.5) is 0 Å². The van der Waals surface area contributed by atoms with Crippen molar-refractivity contribution in [3.05, 3.63) is 17.0 Å². The Bertz CT molecular complexity index is 346. The summed E-state index contributed by atoms with van der Waals surface area (Å²) in [7, 11) is 1.95. The monoisotopic (exact) mass is 192 g/mol. The molecule has 0 aromatic carbocycles. The number of nitrogens with one attached hydrogen (secondary N) is 1. The number of hydrogen-bond acceptors (Lipinski definition) is 3. The van der Waals surface area contributed by atoms with Gasteiger partial charge in [0.1, 0.15) is 0 Å². The van der Waals surface area contributed by atoms with Crippen LogP contribution in [-0.4, -0.2) is 16.3 Å². The molecule has 1 rings (SSSR count). The lowest BCUT2D eigenvalue weighted by Crippen LogP contribution is -2.15. The first-order valence-corrected chi connectivity index (χ1v) is 4.73. The molecule has 0 spiro atoms. The molecular weight excluding hydrogens is 176 g/mol. The summed E-state index contributed by atoms with van der Waals surface area (Å²) in [6, 6.07) is 2.11. The van der Waals surface area contributed by atoms with Gasteiger partial charge in [-0.15, -0.1) is 0 Å². The van der Waals surface area contributed by atoms with Crippen molar-refractivity contribution in [1.82, 2.24) is 15.1 Å². The van der Waals surface area contributed by atoms with Crippen LogP contribution in [0, 0.1) is 25.2 Å². The standard InChI is InChI=1S/C10H16N4/c1-8-10(7-12-6-4-5-11)9(2)14(3)13-8/h12H,4,6-7H2,1-3H3. The van der Waals surface area contributed by atoms with E-state index in [4.69, 9.17) is 5.26 Å². The van der Waals surface area contributed by atoms with Gasteiger partial charge in [-0.25, -0.2) is 0 Å². The maximum atomic E-state index is 8.37. The predicted molar refractivity (Wildman–Crippen MR) is 54.6 cm³/mol. The van der Waals surface area contributed by atoms with E-state index in [0.29, 0.717) is 6.42 Å². The van der Waals surface area contributed by atoms with Gasteiger partial charge in [0.25, 0.3) is 0 Å². The van der Waals surface area contributed by atoms with E-state index in [0.717, 1.165) is 18.8 Å². The number of nitriles is 1. The largest absolute Gasteiger partial charge is 0.312 e. The Labute approximate surface area is 84.5 Å². The first kappa shape index (κ1) is 10.7. The fourth-order valence-corrected chi connectivity index (χ4v) is 1.43. The van der Waals surface area contributed by atoms with Crippen LogP contribution >= 0.6 is 0 Å². The highest BCUT2D eigenvalue weighted by molar-refractivity contribution is 5.23. The van der Waals surface area contributed by atoms with Crippen LogP contribution < -0.4 is 5.32 Å². The summed E-state index contributed by atoms with van der Waals surface area (Å²) in [4.78, 5) is 0. The Morgan fingerprint density at radius 2 is 2.21 bits per heavy atom. The zero-order chi connectivity index (χ0) is 10.6. The van der Waals surface area contributed by atoms with E-state index < -0.39 is 0 Å². The Hall–Kier alpha value is -1.34. The van der Waals surface area contributed by atoms with Crippen molar-refractivity contribution in [2.24, 2.45) is 7.05 Å². The highest BCUT2D eigenvalue weighted by atomic mass is 15.3. The summed E-state index contributed by atoms with van der Waals surface area (Å²) in [6.45, 7) is 5.60. The lowest BCUT2D eigenvalue weighted by Gasteiger charge is -2.02. The Morgan fingerprint density at radius 1 is 1.50 bits per heavy atom. The summed E-state index contributed by atoms with van der Waals surface area (Å²) >= 11 is 0. The molecule has 0 aliphatic rings.